The SMILES string of the molecule is CCC1CNC(C)(CC)CN1c1ccccc1CCOC. The quantitative estimate of drug-likeness (QED) is 0.870. The Kier molecular flexibility index (Phi) is 5.65. The summed E-state index contributed by atoms with van der Waals surface area (Å²) in [5, 5.41) is 3.74. The molecule has 1 fully saturated rings. The van der Waals surface area contributed by atoms with Crippen molar-refractivity contribution in [2.24, 2.45) is 0 Å². The molecular formula is C18H30N2O. The minimum absolute atomic E-state index is 0.208. The summed E-state index contributed by atoms with van der Waals surface area (Å²) in [6, 6.07) is 9.38. The van der Waals surface area contributed by atoms with E-state index >= 15 is 0 Å². The average molecular weight is 290 g/mol. The minimum atomic E-state index is 0.208. The molecule has 1 aromatic rings. The number of para-hydroxylation sites is 1. The van der Waals surface area contributed by atoms with Gasteiger partial charge < -0.3 is 15.0 Å². The standard InChI is InChI=1S/C18H30N2O/c1-5-16-13-19-18(3,6-2)14-20(16)17-10-8-7-9-15(17)11-12-21-4/h7-10,16,19H,5-6,11-14H2,1-4H3. The van der Waals surface area contributed by atoms with Crippen LogP contribution < -0.4 is 10.2 Å². The Hall–Kier alpha value is -1.06. The largest absolute Gasteiger partial charge is 0.384 e. The van der Waals surface area contributed by atoms with E-state index in [2.05, 4.69) is 55.3 Å². The van der Waals surface area contributed by atoms with Gasteiger partial charge in [-0.3, -0.25) is 0 Å². The summed E-state index contributed by atoms with van der Waals surface area (Å²) in [6.45, 7) is 9.82. The highest BCUT2D eigenvalue weighted by atomic mass is 16.5. The third-order valence-corrected chi connectivity index (χ3v) is 4.85. The zero-order valence-electron chi connectivity index (χ0n) is 14.0. The van der Waals surface area contributed by atoms with Crippen molar-refractivity contribution in [3.63, 3.8) is 0 Å². The molecular weight excluding hydrogens is 260 g/mol. The van der Waals surface area contributed by atoms with Crippen LogP contribution in [0.3, 0.4) is 0 Å². The van der Waals surface area contributed by atoms with E-state index in [-0.39, 0.29) is 5.54 Å². The normalized spacial score (nSPS) is 26.1. The van der Waals surface area contributed by atoms with Crippen molar-refractivity contribution in [2.45, 2.75) is 51.6 Å². The Morgan fingerprint density at radius 1 is 1.33 bits per heavy atom. The van der Waals surface area contributed by atoms with Crippen LogP contribution in [-0.4, -0.2) is 38.4 Å². The molecule has 1 aliphatic heterocycles. The first kappa shape index (κ1) is 16.3. The summed E-state index contributed by atoms with van der Waals surface area (Å²) in [5.74, 6) is 0. The lowest BCUT2D eigenvalue weighted by Crippen LogP contribution is -2.63. The number of rotatable bonds is 6. The van der Waals surface area contributed by atoms with Gasteiger partial charge in [0.1, 0.15) is 0 Å². The zero-order chi connectivity index (χ0) is 15.3. The second kappa shape index (κ2) is 7.28. The molecule has 2 atom stereocenters. The molecule has 1 heterocycles. The summed E-state index contributed by atoms with van der Waals surface area (Å²) in [4.78, 5) is 2.62. The molecule has 2 unspecified atom stereocenters. The van der Waals surface area contributed by atoms with Gasteiger partial charge in [-0.1, -0.05) is 32.0 Å². The molecule has 118 valence electrons. The minimum Gasteiger partial charge on any atom is -0.384 e. The van der Waals surface area contributed by atoms with Crippen molar-refractivity contribution in [3.8, 4) is 0 Å². The zero-order valence-corrected chi connectivity index (χ0v) is 14.0. The summed E-state index contributed by atoms with van der Waals surface area (Å²) >= 11 is 0. The molecule has 3 heteroatoms. The summed E-state index contributed by atoms with van der Waals surface area (Å²) in [6.07, 6.45) is 3.31. The number of ether oxygens (including phenoxy) is 1. The van der Waals surface area contributed by atoms with E-state index < -0.39 is 0 Å². The van der Waals surface area contributed by atoms with Crippen molar-refractivity contribution >= 4 is 5.69 Å². The maximum absolute atomic E-state index is 5.27. The van der Waals surface area contributed by atoms with Gasteiger partial charge in [-0.05, 0) is 37.8 Å². The number of benzene rings is 1. The van der Waals surface area contributed by atoms with E-state index in [9.17, 15) is 0 Å². The van der Waals surface area contributed by atoms with E-state index in [1.165, 1.54) is 17.7 Å². The number of hydrogen-bond acceptors (Lipinski definition) is 3. The first-order valence-corrected chi connectivity index (χ1v) is 8.22. The lowest BCUT2D eigenvalue weighted by molar-refractivity contribution is 0.202. The molecule has 1 N–H and O–H groups in total. The fraction of sp³-hybridized carbons (Fsp3) is 0.667. The number of nitrogens with one attached hydrogen (secondary N) is 1. The third-order valence-electron chi connectivity index (χ3n) is 4.85. The van der Waals surface area contributed by atoms with E-state index in [1.807, 2.05) is 0 Å². The number of hydrogen-bond donors (Lipinski definition) is 1. The van der Waals surface area contributed by atoms with Crippen molar-refractivity contribution in [1.82, 2.24) is 5.32 Å². The second-order valence-electron chi connectivity index (χ2n) is 6.36. The van der Waals surface area contributed by atoms with Crippen LogP contribution in [0.1, 0.15) is 39.2 Å². The third kappa shape index (κ3) is 3.78. The fourth-order valence-corrected chi connectivity index (χ4v) is 3.13. The van der Waals surface area contributed by atoms with Crippen LogP contribution in [0, 0.1) is 0 Å². The van der Waals surface area contributed by atoms with Gasteiger partial charge in [-0.15, -0.1) is 0 Å². The average Bonchev–Trinajstić information content (AvgIpc) is 2.53. The van der Waals surface area contributed by atoms with Crippen molar-refractivity contribution in [1.29, 1.82) is 0 Å². The van der Waals surface area contributed by atoms with Crippen molar-refractivity contribution in [3.05, 3.63) is 29.8 Å². The molecule has 0 aliphatic carbocycles. The molecule has 3 nitrogen and oxygen atoms in total. The molecule has 1 saturated heterocycles. The van der Waals surface area contributed by atoms with Gasteiger partial charge in [0, 0.05) is 37.5 Å². The molecule has 0 bridgehead atoms. The molecule has 0 radical (unpaired) electrons. The molecule has 0 saturated carbocycles. The molecule has 0 aromatic heterocycles. The van der Waals surface area contributed by atoms with Gasteiger partial charge >= 0.3 is 0 Å². The van der Waals surface area contributed by atoms with Crippen molar-refractivity contribution < 1.29 is 4.74 Å². The molecule has 1 aliphatic rings. The van der Waals surface area contributed by atoms with Crippen LogP contribution in [0.25, 0.3) is 0 Å². The molecule has 0 spiro atoms. The first-order valence-electron chi connectivity index (χ1n) is 8.22. The Morgan fingerprint density at radius 2 is 2.10 bits per heavy atom. The van der Waals surface area contributed by atoms with Crippen LogP contribution in [0.2, 0.25) is 0 Å². The molecule has 2 rings (SSSR count). The first-order chi connectivity index (χ1) is 10.1. The van der Waals surface area contributed by atoms with Crippen molar-refractivity contribution in [2.75, 3.05) is 31.7 Å². The predicted molar refractivity (Wildman–Crippen MR) is 90.1 cm³/mol. The summed E-state index contributed by atoms with van der Waals surface area (Å²) in [7, 11) is 1.77. The van der Waals surface area contributed by atoms with Gasteiger partial charge in [-0.2, -0.15) is 0 Å². The van der Waals surface area contributed by atoms with Crippen LogP contribution in [0.5, 0.6) is 0 Å². The monoisotopic (exact) mass is 290 g/mol. The van der Waals surface area contributed by atoms with Gasteiger partial charge in [0.2, 0.25) is 0 Å². The lowest BCUT2D eigenvalue weighted by atomic mass is 9.91. The van der Waals surface area contributed by atoms with E-state index in [1.54, 1.807) is 7.11 Å². The van der Waals surface area contributed by atoms with E-state index in [0.29, 0.717) is 6.04 Å². The topological polar surface area (TPSA) is 24.5 Å². The Balaban J connectivity index is 2.28. The molecule has 0 amide bonds. The summed E-state index contributed by atoms with van der Waals surface area (Å²) < 4.78 is 5.27. The van der Waals surface area contributed by atoms with E-state index in [0.717, 1.165) is 32.5 Å². The highest BCUT2D eigenvalue weighted by Gasteiger charge is 2.34. The maximum atomic E-state index is 5.27. The van der Waals surface area contributed by atoms with E-state index in [4.69, 9.17) is 4.74 Å². The number of piperazine rings is 1. The van der Waals surface area contributed by atoms with Crippen LogP contribution in [-0.2, 0) is 11.2 Å². The number of methoxy groups -OCH3 is 1. The van der Waals surface area contributed by atoms with Crippen LogP contribution in [0.15, 0.2) is 24.3 Å². The van der Waals surface area contributed by atoms with Gasteiger partial charge in [0.05, 0.1) is 6.61 Å². The predicted octanol–water partition coefficient (Wildman–Crippen LogP) is 3.23. The van der Waals surface area contributed by atoms with Gasteiger partial charge in [-0.25, -0.2) is 0 Å². The van der Waals surface area contributed by atoms with Crippen LogP contribution in [0.4, 0.5) is 5.69 Å². The van der Waals surface area contributed by atoms with Gasteiger partial charge in [0.15, 0.2) is 0 Å². The lowest BCUT2D eigenvalue weighted by Gasteiger charge is -2.47. The maximum Gasteiger partial charge on any atom is 0.0503 e. The van der Waals surface area contributed by atoms with Gasteiger partial charge in [0.25, 0.3) is 0 Å². The second-order valence-corrected chi connectivity index (χ2v) is 6.36. The highest BCUT2D eigenvalue weighted by molar-refractivity contribution is 5.55. The Bertz CT molecular complexity index is 449. The smallest absolute Gasteiger partial charge is 0.0503 e. The Morgan fingerprint density at radius 3 is 2.76 bits per heavy atom. The number of nitrogens with zero attached hydrogens (tertiary/aromatic N) is 1. The Labute approximate surface area is 129 Å². The molecule has 1 aromatic carbocycles. The summed E-state index contributed by atoms with van der Waals surface area (Å²) in [5.41, 5.74) is 3.00. The number of anilines is 1. The molecule has 21 heavy (non-hydrogen) atoms. The highest BCUT2D eigenvalue weighted by Crippen LogP contribution is 2.29. The van der Waals surface area contributed by atoms with Crippen LogP contribution >= 0.6 is 0 Å². The fourth-order valence-electron chi connectivity index (χ4n) is 3.13.